The van der Waals surface area contributed by atoms with Crippen LogP contribution < -0.4 is 15.2 Å². The van der Waals surface area contributed by atoms with Crippen molar-refractivity contribution in [2.75, 3.05) is 0 Å². The number of nitrogens with one attached hydrogen (secondary N) is 1. The molecule has 0 saturated carbocycles. The molecule has 2 aliphatic rings. The Kier molecular flexibility index (Phi) is 6.71. The summed E-state index contributed by atoms with van der Waals surface area (Å²) < 4.78 is 13.1. The maximum Gasteiger partial charge on any atom is 0.178 e. The molecule has 0 bridgehead atoms. The molecule has 7 aromatic rings. The highest BCUT2D eigenvalue weighted by Crippen LogP contribution is 2.58. The van der Waals surface area contributed by atoms with Crippen molar-refractivity contribution in [2.45, 2.75) is 19.3 Å². The van der Waals surface area contributed by atoms with Gasteiger partial charge in [-0.15, -0.1) is 0 Å². The van der Waals surface area contributed by atoms with E-state index in [9.17, 15) is 0 Å². The molecule has 0 radical (unpaired) electrons. The fourth-order valence-electron chi connectivity index (χ4n) is 7.57. The Balaban J connectivity index is 1.07. The zero-order valence-corrected chi connectivity index (χ0v) is 27.7. The van der Waals surface area contributed by atoms with Gasteiger partial charge in [0.2, 0.25) is 0 Å². The average Bonchev–Trinajstić information content (AvgIpc) is 3.39. The topological polar surface area (TPSA) is 80.7 Å². The Morgan fingerprint density at radius 3 is 2.10 bits per heavy atom. The number of ether oxygens (including phenoxy) is 2. The lowest BCUT2D eigenvalue weighted by Gasteiger charge is -2.25. The third kappa shape index (κ3) is 4.62. The maximum atomic E-state index is 9.14. The number of benzene rings is 7. The zero-order chi connectivity index (χ0) is 34.0. The summed E-state index contributed by atoms with van der Waals surface area (Å²) >= 11 is 0. The average molecular weight is 648 g/mol. The van der Waals surface area contributed by atoms with Crippen molar-refractivity contribution >= 4 is 22.4 Å². The largest absolute Gasteiger partial charge is 0.449 e. The Morgan fingerprint density at radius 2 is 1.26 bits per heavy atom. The number of nitrogens with zero attached hydrogens (tertiary/aromatic N) is 1. The second-order valence-corrected chi connectivity index (χ2v) is 13.3. The minimum atomic E-state index is -0.148. The molecule has 0 saturated heterocycles. The van der Waals surface area contributed by atoms with Crippen molar-refractivity contribution in [3.8, 4) is 56.4 Å². The molecule has 0 fully saturated rings. The second kappa shape index (κ2) is 11.3. The number of nitrogens with two attached hydrogens (primary N) is 1. The summed E-state index contributed by atoms with van der Waals surface area (Å²) in [5, 5.41) is 11.2. The first-order valence-electron chi connectivity index (χ1n) is 16.8. The number of aliphatic imine (C=N–C) groups is 1. The molecule has 1 aliphatic heterocycles. The molecular weight excluding hydrogens is 615 g/mol. The van der Waals surface area contributed by atoms with Crippen molar-refractivity contribution in [1.29, 1.82) is 5.41 Å². The van der Waals surface area contributed by atoms with Crippen molar-refractivity contribution in [2.24, 2.45) is 10.7 Å². The Bertz CT molecular complexity index is 2550. The van der Waals surface area contributed by atoms with E-state index in [2.05, 4.69) is 79.5 Å². The van der Waals surface area contributed by atoms with E-state index in [1.165, 1.54) is 16.7 Å². The van der Waals surface area contributed by atoms with Gasteiger partial charge in [-0.25, -0.2) is 4.99 Å². The highest BCUT2D eigenvalue weighted by molar-refractivity contribution is 6.17. The number of hydrogen-bond donors (Lipinski definition) is 2. The molecule has 5 nitrogen and oxygen atoms in total. The minimum absolute atomic E-state index is 0.0752. The number of amidine groups is 2. The monoisotopic (exact) mass is 647 g/mol. The van der Waals surface area contributed by atoms with Crippen LogP contribution in [0.15, 0.2) is 151 Å². The van der Waals surface area contributed by atoms with E-state index in [-0.39, 0.29) is 17.1 Å². The predicted molar refractivity (Wildman–Crippen MR) is 203 cm³/mol. The molecule has 0 aromatic heterocycles. The fraction of sp³-hybridized carbons (Fsp3) is 0.0667. The van der Waals surface area contributed by atoms with Crippen LogP contribution in [0.5, 0.6) is 23.0 Å². The van der Waals surface area contributed by atoms with Gasteiger partial charge >= 0.3 is 0 Å². The first kappa shape index (κ1) is 29.7. The first-order valence-corrected chi connectivity index (χ1v) is 16.8. The Hall–Kier alpha value is -6.46. The highest BCUT2D eigenvalue weighted by atomic mass is 16.6. The normalized spacial score (nSPS) is 13.8. The molecule has 5 heteroatoms. The molecule has 3 N–H and O–H groups in total. The number of fused-ring (bicyclic) bond motifs is 7. The van der Waals surface area contributed by atoms with E-state index in [1.54, 1.807) is 0 Å². The van der Waals surface area contributed by atoms with E-state index in [4.69, 9.17) is 20.6 Å². The molecule has 0 amide bonds. The zero-order valence-electron chi connectivity index (χ0n) is 27.7. The van der Waals surface area contributed by atoms with Crippen LogP contribution in [0.1, 0.15) is 36.1 Å². The SMILES string of the molecule is CC1(C)c2ccccc2-c2c1ccc1c2Oc2cc(-c3ccccc3C(=N)N=C(N)c3ccc(-c4ccccc4)c4ccccc34)ccc2O1. The van der Waals surface area contributed by atoms with Crippen LogP contribution in [0.3, 0.4) is 0 Å². The molecule has 240 valence electrons. The van der Waals surface area contributed by atoms with Crippen molar-refractivity contribution < 1.29 is 9.47 Å². The molecular formula is C45H33N3O2. The molecule has 1 aliphatic carbocycles. The summed E-state index contributed by atoms with van der Waals surface area (Å²) in [5.41, 5.74) is 16.7. The number of hydrogen-bond acceptors (Lipinski definition) is 3. The quantitative estimate of drug-likeness (QED) is 0.147. The van der Waals surface area contributed by atoms with Crippen LogP contribution in [0.2, 0.25) is 0 Å². The van der Waals surface area contributed by atoms with Crippen molar-refractivity contribution in [3.05, 3.63) is 168 Å². The molecule has 50 heavy (non-hydrogen) atoms. The fourth-order valence-corrected chi connectivity index (χ4v) is 7.57. The van der Waals surface area contributed by atoms with Gasteiger partial charge in [0, 0.05) is 22.1 Å². The van der Waals surface area contributed by atoms with Crippen LogP contribution in [0, 0.1) is 5.41 Å². The molecule has 0 spiro atoms. The Labute approximate surface area is 290 Å². The van der Waals surface area contributed by atoms with Gasteiger partial charge in [0.05, 0.1) is 0 Å². The standard InChI is InChI=1S/C45H33N3O2/c1-45(2)36-19-11-10-18-35(36)41-37(45)23-25-39-42(41)50-40-26-28(20-24-38(40)49-39)29-14-6-9-17-33(29)43(46)48-44(47)34-22-21-30(27-12-4-3-5-13-27)31-15-7-8-16-32(31)34/h3-26H,1-2H3,(H3,46,47,48). The summed E-state index contributed by atoms with van der Waals surface area (Å²) in [4.78, 5) is 4.67. The van der Waals surface area contributed by atoms with Gasteiger partial charge in [-0.1, -0.05) is 141 Å². The molecule has 7 aromatic carbocycles. The lowest BCUT2D eigenvalue weighted by molar-refractivity contribution is 0.360. The number of rotatable bonds is 4. The van der Waals surface area contributed by atoms with E-state index in [0.717, 1.165) is 49.9 Å². The second-order valence-electron chi connectivity index (χ2n) is 13.3. The Morgan fingerprint density at radius 1 is 0.560 bits per heavy atom. The lowest BCUT2D eigenvalue weighted by Crippen LogP contribution is -2.17. The lowest BCUT2D eigenvalue weighted by atomic mass is 9.82. The maximum absolute atomic E-state index is 9.14. The van der Waals surface area contributed by atoms with Gasteiger partial charge in [0.25, 0.3) is 0 Å². The van der Waals surface area contributed by atoms with E-state index in [1.807, 2.05) is 84.9 Å². The predicted octanol–water partition coefficient (Wildman–Crippen LogP) is 11.1. The molecule has 0 atom stereocenters. The summed E-state index contributed by atoms with van der Waals surface area (Å²) in [7, 11) is 0. The summed E-state index contributed by atoms with van der Waals surface area (Å²) in [6, 6.07) is 49.0. The molecule has 0 unspecified atom stereocenters. The summed E-state index contributed by atoms with van der Waals surface area (Å²) in [5.74, 6) is 3.07. The summed E-state index contributed by atoms with van der Waals surface area (Å²) in [6.07, 6.45) is 0. The van der Waals surface area contributed by atoms with Gasteiger partial charge in [-0.2, -0.15) is 0 Å². The van der Waals surface area contributed by atoms with Crippen LogP contribution in [0.4, 0.5) is 0 Å². The van der Waals surface area contributed by atoms with Crippen LogP contribution in [-0.4, -0.2) is 11.7 Å². The van der Waals surface area contributed by atoms with Crippen LogP contribution >= 0.6 is 0 Å². The van der Waals surface area contributed by atoms with Gasteiger partial charge in [0.15, 0.2) is 28.8 Å². The van der Waals surface area contributed by atoms with Gasteiger partial charge < -0.3 is 15.2 Å². The van der Waals surface area contributed by atoms with Crippen molar-refractivity contribution in [1.82, 2.24) is 0 Å². The minimum Gasteiger partial charge on any atom is -0.449 e. The smallest absolute Gasteiger partial charge is 0.178 e. The highest BCUT2D eigenvalue weighted by Gasteiger charge is 2.39. The molecule has 9 rings (SSSR count). The van der Waals surface area contributed by atoms with Crippen LogP contribution in [0.25, 0.3) is 44.2 Å². The van der Waals surface area contributed by atoms with Gasteiger partial charge in [-0.3, -0.25) is 5.41 Å². The van der Waals surface area contributed by atoms with E-state index in [0.29, 0.717) is 22.8 Å². The van der Waals surface area contributed by atoms with Crippen molar-refractivity contribution in [3.63, 3.8) is 0 Å². The van der Waals surface area contributed by atoms with Gasteiger partial charge in [-0.05, 0) is 67.9 Å². The third-order valence-corrected chi connectivity index (χ3v) is 10.1. The third-order valence-electron chi connectivity index (χ3n) is 10.1. The van der Waals surface area contributed by atoms with E-state index < -0.39 is 0 Å². The molecule has 1 heterocycles. The van der Waals surface area contributed by atoms with E-state index >= 15 is 0 Å². The first-order chi connectivity index (χ1) is 24.4. The summed E-state index contributed by atoms with van der Waals surface area (Å²) in [6.45, 7) is 4.51. The van der Waals surface area contributed by atoms with Gasteiger partial charge in [0.1, 0.15) is 5.84 Å². The van der Waals surface area contributed by atoms with Crippen LogP contribution in [-0.2, 0) is 5.41 Å².